The minimum Gasteiger partial charge on any atom is -0.359 e. The van der Waals surface area contributed by atoms with Gasteiger partial charge in [0.1, 0.15) is 17.8 Å². The zero-order chi connectivity index (χ0) is 20.1. The van der Waals surface area contributed by atoms with Gasteiger partial charge in [-0.3, -0.25) is 9.78 Å². The lowest BCUT2D eigenvalue weighted by Gasteiger charge is -2.18. The quantitative estimate of drug-likeness (QED) is 0.711. The average Bonchev–Trinajstić information content (AvgIpc) is 2.69. The van der Waals surface area contributed by atoms with Crippen molar-refractivity contribution in [2.45, 2.75) is 27.2 Å². The maximum Gasteiger partial charge on any atom is 0.274 e. The number of rotatable bonds is 6. The fourth-order valence-electron chi connectivity index (χ4n) is 3.20. The van der Waals surface area contributed by atoms with Crippen molar-refractivity contribution in [2.24, 2.45) is 0 Å². The molecule has 0 spiro atoms. The Labute approximate surface area is 165 Å². The molecule has 0 unspecified atom stereocenters. The van der Waals surface area contributed by atoms with Gasteiger partial charge < -0.3 is 10.2 Å². The van der Waals surface area contributed by atoms with E-state index < -0.39 is 0 Å². The first-order chi connectivity index (χ1) is 13.4. The van der Waals surface area contributed by atoms with E-state index in [4.69, 9.17) is 0 Å². The second-order valence-corrected chi connectivity index (χ2v) is 7.02. The fraction of sp³-hybridized carbons (Fsp3) is 0.273. The SMILES string of the molecule is Cc1cc(C)c(NC(=O)c2cc(N(C)CCc3ccncc3)ncn2)c(C)c1. The van der Waals surface area contributed by atoms with Crippen LogP contribution in [0.1, 0.15) is 32.7 Å². The molecule has 144 valence electrons. The number of carbonyl (C=O) groups excluding carboxylic acids is 1. The topological polar surface area (TPSA) is 71.0 Å². The number of aryl methyl sites for hydroxylation is 3. The third kappa shape index (κ3) is 4.71. The third-order valence-corrected chi connectivity index (χ3v) is 4.68. The molecule has 3 rings (SSSR count). The number of carbonyl (C=O) groups is 1. The van der Waals surface area contributed by atoms with Crippen molar-refractivity contribution in [1.29, 1.82) is 0 Å². The molecule has 0 bridgehead atoms. The maximum absolute atomic E-state index is 12.7. The van der Waals surface area contributed by atoms with Crippen molar-refractivity contribution in [1.82, 2.24) is 15.0 Å². The van der Waals surface area contributed by atoms with Crippen LogP contribution in [-0.2, 0) is 6.42 Å². The molecule has 0 saturated heterocycles. The zero-order valence-corrected chi connectivity index (χ0v) is 16.7. The van der Waals surface area contributed by atoms with Gasteiger partial charge in [0.05, 0.1) is 0 Å². The molecule has 0 saturated carbocycles. The van der Waals surface area contributed by atoms with E-state index in [9.17, 15) is 4.79 Å². The maximum atomic E-state index is 12.7. The molecule has 2 aromatic heterocycles. The minimum atomic E-state index is -0.235. The Bertz CT molecular complexity index is 949. The van der Waals surface area contributed by atoms with Crippen LogP contribution in [0.3, 0.4) is 0 Å². The molecule has 0 aliphatic heterocycles. The number of likely N-dealkylation sites (N-methyl/N-ethyl adjacent to an activating group) is 1. The highest BCUT2D eigenvalue weighted by atomic mass is 16.1. The van der Waals surface area contributed by atoms with E-state index in [0.29, 0.717) is 11.5 Å². The number of amides is 1. The lowest BCUT2D eigenvalue weighted by Crippen LogP contribution is -2.23. The molecule has 6 nitrogen and oxygen atoms in total. The summed E-state index contributed by atoms with van der Waals surface area (Å²) in [4.78, 5) is 27.2. The van der Waals surface area contributed by atoms with Crippen molar-refractivity contribution in [3.63, 3.8) is 0 Å². The molecule has 1 N–H and O–H groups in total. The molecule has 0 aliphatic carbocycles. The fourth-order valence-corrected chi connectivity index (χ4v) is 3.20. The van der Waals surface area contributed by atoms with Gasteiger partial charge in [0, 0.05) is 37.7 Å². The number of nitrogens with zero attached hydrogens (tertiary/aromatic N) is 4. The first kappa shape index (κ1) is 19.5. The van der Waals surface area contributed by atoms with Crippen LogP contribution >= 0.6 is 0 Å². The highest BCUT2D eigenvalue weighted by Crippen LogP contribution is 2.22. The second-order valence-electron chi connectivity index (χ2n) is 7.02. The largest absolute Gasteiger partial charge is 0.359 e. The van der Waals surface area contributed by atoms with Gasteiger partial charge in [0.25, 0.3) is 5.91 Å². The molecule has 2 heterocycles. The van der Waals surface area contributed by atoms with E-state index in [1.165, 1.54) is 17.5 Å². The lowest BCUT2D eigenvalue weighted by molar-refractivity contribution is 0.102. The first-order valence-corrected chi connectivity index (χ1v) is 9.25. The highest BCUT2D eigenvalue weighted by molar-refractivity contribution is 6.04. The first-order valence-electron chi connectivity index (χ1n) is 9.25. The monoisotopic (exact) mass is 375 g/mol. The van der Waals surface area contributed by atoms with Crippen LogP contribution in [0.5, 0.6) is 0 Å². The van der Waals surface area contributed by atoms with Gasteiger partial charge >= 0.3 is 0 Å². The number of pyridine rings is 1. The standard InChI is InChI=1S/C22H25N5O/c1-15-11-16(2)21(17(3)12-15)26-22(28)19-13-20(25-14-24-19)27(4)10-7-18-5-8-23-9-6-18/h5-6,8-9,11-14H,7,10H2,1-4H3,(H,26,28). The number of nitrogens with one attached hydrogen (secondary N) is 1. The summed E-state index contributed by atoms with van der Waals surface area (Å²) in [5, 5.41) is 2.99. The minimum absolute atomic E-state index is 0.235. The zero-order valence-electron chi connectivity index (χ0n) is 16.7. The number of hydrogen-bond acceptors (Lipinski definition) is 5. The van der Waals surface area contributed by atoms with Crippen LogP contribution < -0.4 is 10.2 Å². The smallest absolute Gasteiger partial charge is 0.274 e. The van der Waals surface area contributed by atoms with Gasteiger partial charge in [-0.2, -0.15) is 0 Å². The Kier molecular flexibility index (Phi) is 5.99. The van der Waals surface area contributed by atoms with Crippen LogP contribution in [-0.4, -0.2) is 34.5 Å². The molecule has 3 aromatic rings. The summed E-state index contributed by atoms with van der Waals surface area (Å²) in [6.07, 6.45) is 5.88. The van der Waals surface area contributed by atoms with Crippen molar-refractivity contribution >= 4 is 17.4 Å². The van der Waals surface area contributed by atoms with Crippen LogP contribution in [0, 0.1) is 20.8 Å². The summed E-state index contributed by atoms with van der Waals surface area (Å²) < 4.78 is 0. The van der Waals surface area contributed by atoms with Crippen LogP contribution in [0.4, 0.5) is 11.5 Å². The summed E-state index contributed by atoms with van der Waals surface area (Å²) in [6.45, 7) is 6.81. The van der Waals surface area contributed by atoms with E-state index >= 15 is 0 Å². The summed E-state index contributed by atoms with van der Waals surface area (Å²) in [7, 11) is 1.96. The van der Waals surface area contributed by atoms with E-state index in [-0.39, 0.29) is 5.91 Å². The second kappa shape index (κ2) is 8.61. The van der Waals surface area contributed by atoms with E-state index in [1.54, 1.807) is 18.5 Å². The molecular weight excluding hydrogens is 350 g/mol. The molecule has 0 radical (unpaired) electrons. The van der Waals surface area contributed by atoms with Crippen molar-refractivity contribution < 1.29 is 4.79 Å². The van der Waals surface area contributed by atoms with E-state index in [0.717, 1.165) is 29.8 Å². The van der Waals surface area contributed by atoms with Gasteiger partial charge in [0.15, 0.2) is 0 Å². The Morgan fingerprint density at radius 2 is 1.71 bits per heavy atom. The van der Waals surface area contributed by atoms with Crippen molar-refractivity contribution in [2.75, 3.05) is 23.8 Å². The Balaban J connectivity index is 1.71. The van der Waals surface area contributed by atoms with Crippen LogP contribution in [0.2, 0.25) is 0 Å². The molecule has 1 amide bonds. The molecule has 28 heavy (non-hydrogen) atoms. The molecular formula is C22H25N5O. The summed E-state index contributed by atoms with van der Waals surface area (Å²) in [5.74, 6) is 0.479. The Morgan fingerprint density at radius 3 is 2.39 bits per heavy atom. The summed E-state index contributed by atoms with van der Waals surface area (Å²) in [6, 6.07) is 9.83. The predicted molar refractivity (Wildman–Crippen MR) is 112 cm³/mol. The Morgan fingerprint density at radius 1 is 1.04 bits per heavy atom. The number of aromatic nitrogens is 3. The van der Waals surface area contributed by atoms with Gasteiger partial charge in [-0.1, -0.05) is 17.7 Å². The van der Waals surface area contributed by atoms with Gasteiger partial charge in [0.2, 0.25) is 0 Å². The van der Waals surface area contributed by atoms with E-state index in [2.05, 4.69) is 32.4 Å². The number of anilines is 2. The molecule has 0 aliphatic rings. The van der Waals surface area contributed by atoms with Crippen LogP contribution in [0.25, 0.3) is 0 Å². The predicted octanol–water partition coefficient (Wildman–Crippen LogP) is 3.73. The molecule has 0 atom stereocenters. The molecule has 0 fully saturated rings. The lowest BCUT2D eigenvalue weighted by atomic mass is 10.0. The Hall–Kier alpha value is -3.28. The summed E-state index contributed by atoms with van der Waals surface area (Å²) >= 11 is 0. The van der Waals surface area contributed by atoms with E-state index in [1.807, 2.05) is 44.9 Å². The third-order valence-electron chi connectivity index (χ3n) is 4.68. The summed E-state index contributed by atoms with van der Waals surface area (Å²) in [5.41, 5.74) is 5.64. The molecule has 1 aromatic carbocycles. The molecule has 6 heteroatoms. The van der Waals surface area contributed by atoms with Gasteiger partial charge in [-0.25, -0.2) is 9.97 Å². The highest BCUT2D eigenvalue weighted by Gasteiger charge is 2.14. The van der Waals surface area contributed by atoms with Gasteiger partial charge in [-0.05, 0) is 56.0 Å². The van der Waals surface area contributed by atoms with Gasteiger partial charge in [-0.15, -0.1) is 0 Å². The normalized spacial score (nSPS) is 10.6. The number of hydrogen-bond donors (Lipinski definition) is 1. The average molecular weight is 375 g/mol. The van der Waals surface area contributed by atoms with Crippen LogP contribution in [0.15, 0.2) is 49.1 Å². The van der Waals surface area contributed by atoms with Crippen molar-refractivity contribution in [3.05, 3.63) is 77.0 Å². The van der Waals surface area contributed by atoms with Crippen molar-refractivity contribution in [3.8, 4) is 0 Å². The number of benzene rings is 1.